The Kier molecular flexibility index (Phi) is 7.15. The highest BCUT2D eigenvalue weighted by atomic mass is 16.5. The van der Waals surface area contributed by atoms with Crippen molar-refractivity contribution in [2.75, 3.05) is 0 Å². The maximum absolute atomic E-state index is 6.03. The number of aromatic nitrogens is 3. The fourth-order valence-corrected chi connectivity index (χ4v) is 3.33. The molecule has 4 rings (SSSR count). The first-order chi connectivity index (χ1) is 16.1. The van der Waals surface area contributed by atoms with Gasteiger partial charge < -0.3 is 14.2 Å². The molecule has 168 valence electrons. The summed E-state index contributed by atoms with van der Waals surface area (Å²) in [6, 6.07) is 30.1. The lowest BCUT2D eigenvalue weighted by atomic mass is 10.1. The van der Waals surface area contributed by atoms with Gasteiger partial charge in [-0.05, 0) is 37.5 Å². The highest BCUT2D eigenvalue weighted by molar-refractivity contribution is 5.21. The van der Waals surface area contributed by atoms with Gasteiger partial charge >= 0.3 is 18.0 Å². The molecule has 0 fully saturated rings. The van der Waals surface area contributed by atoms with Gasteiger partial charge in [-0.15, -0.1) is 15.0 Å². The van der Waals surface area contributed by atoms with Gasteiger partial charge in [0.15, 0.2) is 0 Å². The third-order valence-corrected chi connectivity index (χ3v) is 5.23. The van der Waals surface area contributed by atoms with Gasteiger partial charge in [0.1, 0.15) is 18.3 Å². The normalized spacial score (nSPS) is 13.5. The summed E-state index contributed by atoms with van der Waals surface area (Å²) in [6.45, 7) is 5.83. The predicted molar refractivity (Wildman–Crippen MR) is 126 cm³/mol. The van der Waals surface area contributed by atoms with Crippen LogP contribution in [0.5, 0.6) is 18.0 Å². The molecule has 33 heavy (non-hydrogen) atoms. The average Bonchev–Trinajstić information content (AvgIpc) is 2.85. The number of ether oxygens (including phenoxy) is 3. The summed E-state index contributed by atoms with van der Waals surface area (Å²) in [5, 5.41) is 0. The highest BCUT2D eigenvalue weighted by Gasteiger charge is 2.18. The van der Waals surface area contributed by atoms with Crippen LogP contribution in [0.4, 0.5) is 0 Å². The predicted octanol–water partition coefficient (Wildman–Crippen LogP) is 6.29. The first-order valence-electron chi connectivity index (χ1n) is 11.0. The second-order valence-electron chi connectivity index (χ2n) is 7.70. The number of rotatable bonds is 9. The zero-order chi connectivity index (χ0) is 23.0. The zero-order valence-electron chi connectivity index (χ0n) is 19.0. The highest BCUT2D eigenvalue weighted by Crippen LogP contribution is 2.26. The molecular weight excluding hydrogens is 414 g/mol. The van der Waals surface area contributed by atoms with E-state index in [4.69, 9.17) is 14.2 Å². The Morgan fingerprint density at radius 2 is 0.667 bits per heavy atom. The Morgan fingerprint density at radius 1 is 0.424 bits per heavy atom. The fraction of sp³-hybridized carbons (Fsp3) is 0.222. The molecule has 1 aromatic heterocycles. The van der Waals surface area contributed by atoms with Gasteiger partial charge in [0.25, 0.3) is 0 Å². The minimum Gasteiger partial charge on any atom is -0.455 e. The standard InChI is InChI=1S/C27H27N3O3/c1-19(22-13-7-4-8-14-22)31-25-28-26(32-20(2)23-15-9-5-10-16-23)30-27(29-25)33-21(3)24-17-11-6-12-18-24/h4-21H,1-3H3. The minimum atomic E-state index is -0.257. The third-order valence-electron chi connectivity index (χ3n) is 5.23. The molecule has 0 amide bonds. The van der Waals surface area contributed by atoms with Crippen molar-refractivity contribution in [2.24, 2.45) is 0 Å². The summed E-state index contributed by atoms with van der Waals surface area (Å²) >= 11 is 0. The summed E-state index contributed by atoms with van der Waals surface area (Å²) in [5.41, 5.74) is 3.04. The van der Waals surface area contributed by atoms with Crippen LogP contribution in [0.1, 0.15) is 55.8 Å². The van der Waals surface area contributed by atoms with Crippen molar-refractivity contribution < 1.29 is 14.2 Å². The summed E-state index contributed by atoms with van der Waals surface area (Å²) < 4.78 is 18.1. The van der Waals surface area contributed by atoms with Gasteiger partial charge in [-0.3, -0.25) is 0 Å². The van der Waals surface area contributed by atoms with E-state index in [1.807, 2.05) is 112 Å². The fourth-order valence-electron chi connectivity index (χ4n) is 3.33. The Bertz CT molecular complexity index is 982. The van der Waals surface area contributed by atoms with E-state index >= 15 is 0 Å². The van der Waals surface area contributed by atoms with Gasteiger partial charge in [0.05, 0.1) is 0 Å². The molecule has 0 N–H and O–H groups in total. The van der Waals surface area contributed by atoms with Crippen molar-refractivity contribution in [3.63, 3.8) is 0 Å². The topological polar surface area (TPSA) is 66.4 Å². The van der Waals surface area contributed by atoms with Crippen molar-refractivity contribution in [1.82, 2.24) is 15.0 Å². The number of benzene rings is 3. The van der Waals surface area contributed by atoms with E-state index in [1.54, 1.807) is 0 Å². The smallest absolute Gasteiger partial charge is 0.326 e. The summed E-state index contributed by atoms with van der Waals surface area (Å²) in [7, 11) is 0. The van der Waals surface area contributed by atoms with E-state index in [1.165, 1.54) is 0 Å². The van der Waals surface area contributed by atoms with E-state index in [0.29, 0.717) is 0 Å². The molecular formula is C27H27N3O3. The minimum absolute atomic E-state index is 0.145. The van der Waals surface area contributed by atoms with Crippen LogP contribution in [0.2, 0.25) is 0 Å². The second-order valence-corrected chi connectivity index (χ2v) is 7.70. The SMILES string of the molecule is CC(Oc1nc(OC(C)c2ccccc2)nc(OC(C)c2ccccc2)n1)c1ccccc1. The molecule has 1 heterocycles. The Morgan fingerprint density at radius 3 is 0.909 bits per heavy atom. The second kappa shape index (κ2) is 10.6. The van der Waals surface area contributed by atoms with Crippen LogP contribution in [0, 0.1) is 0 Å². The van der Waals surface area contributed by atoms with Crippen LogP contribution in [-0.2, 0) is 0 Å². The monoisotopic (exact) mass is 441 g/mol. The molecule has 4 aromatic rings. The first kappa shape index (κ1) is 22.3. The largest absolute Gasteiger partial charge is 0.455 e. The molecule has 3 aromatic carbocycles. The molecule has 0 bridgehead atoms. The molecule has 6 heteroatoms. The summed E-state index contributed by atoms with van der Waals surface area (Å²) in [5.74, 6) is 0. The van der Waals surface area contributed by atoms with Gasteiger partial charge in [0.2, 0.25) is 0 Å². The average molecular weight is 442 g/mol. The third kappa shape index (κ3) is 6.07. The maximum Gasteiger partial charge on any atom is 0.326 e. The molecule has 3 atom stereocenters. The van der Waals surface area contributed by atoms with Gasteiger partial charge in [0, 0.05) is 0 Å². The van der Waals surface area contributed by atoms with Crippen molar-refractivity contribution in [2.45, 2.75) is 39.1 Å². The first-order valence-corrected chi connectivity index (χ1v) is 11.0. The lowest BCUT2D eigenvalue weighted by molar-refractivity contribution is 0.160. The quantitative estimate of drug-likeness (QED) is 0.304. The molecule has 0 saturated carbocycles. The molecule has 0 aliphatic heterocycles. The number of hydrogen-bond acceptors (Lipinski definition) is 6. The van der Waals surface area contributed by atoms with Crippen LogP contribution < -0.4 is 14.2 Å². The van der Waals surface area contributed by atoms with Gasteiger partial charge in [-0.1, -0.05) is 91.0 Å². The molecule has 3 unspecified atom stereocenters. The van der Waals surface area contributed by atoms with E-state index in [2.05, 4.69) is 15.0 Å². The summed E-state index contributed by atoms with van der Waals surface area (Å²) in [6.07, 6.45) is -0.771. The van der Waals surface area contributed by atoms with Crippen LogP contribution in [0.3, 0.4) is 0 Å². The van der Waals surface area contributed by atoms with E-state index < -0.39 is 0 Å². The number of nitrogens with zero attached hydrogens (tertiary/aromatic N) is 3. The lowest BCUT2D eigenvalue weighted by Gasteiger charge is -2.18. The molecule has 0 aliphatic carbocycles. The van der Waals surface area contributed by atoms with Crippen molar-refractivity contribution in [3.05, 3.63) is 108 Å². The van der Waals surface area contributed by atoms with E-state index in [-0.39, 0.29) is 36.3 Å². The van der Waals surface area contributed by atoms with Crippen LogP contribution >= 0.6 is 0 Å². The van der Waals surface area contributed by atoms with Crippen molar-refractivity contribution in [3.8, 4) is 18.0 Å². The molecule has 0 saturated heterocycles. The zero-order valence-corrected chi connectivity index (χ0v) is 19.0. The van der Waals surface area contributed by atoms with Gasteiger partial charge in [-0.25, -0.2) is 0 Å². The molecule has 0 aliphatic rings. The maximum atomic E-state index is 6.03. The van der Waals surface area contributed by atoms with Crippen LogP contribution in [0.25, 0.3) is 0 Å². The van der Waals surface area contributed by atoms with Crippen molar-refractivity contribution in [1.29, 1.82) is 0 Å². The van der Waals surface area contributed by atoms with Gasteiger partial charge in [-0.2, -0.15) is 0 Å². The molecule has 0 radical (unpaired) electrons. The van der Waals surface area contributed by atoms with Crippen LogP contribution in [-0.4, -0.2) is 15.0 Å². The van der Waals surface area contributed by atoms with Crippen LogP contribution in [0.15, 0.2) is 91.0 Å². The van der Waals surface area contributed by atoms with E-state index in [9.17, 15) is 0 Å². The molecule has 0 spiro atoms. The lowest BCUT2D eigenvalue weighted by Crippen LogP contribution is -2.12. The Labute approximate surface area is 194 Å². The van der Waals surface area contributed by atoms with Crippen molar-refractivity contribution >= 4 is 0 Å². The number of hydrogen-bond donors (Lipinski definition) is 0. The Balaban J connectivity index is 1.59. The Hall–Kier alpha value is -3.93. The summed E-state index contributed by atoms with van der Waals surface area (Å²) in [4.78, 5) is 13.2. The van der Waals surface area contributed by atoms with E-state index in [0.717, 1.165) is 16.7 Å². The molecule has 6 nitrogen and oxygen atoms in total.